The summed E-state index contributed by atoms with van der Waals surface area (Å²) in [6.45, 7) is 6.93. The Labute approximate surface area is 153 Å². The smallest absolute Gasteiger partial charge is 0.270 e. The van der Waals surface area contributed by atoms with Crippen LogP contribution < -0.4 is 5.32 Å². The number of hydrogen-bond acceptors (Lipinski definition) is 3. The molecule has 0 saturated carbocycles. The summed E-state index contributed by atoms with van der Waals surface area (Å²) in [6, 6.07) is 7.57. The maximum Gasteiger partial charge on any atom is 0.270 e. The number of hydrogen-bond donors (Lipinski definition) is 2. The Morgan fingerprint density at radius 2 is 1.96 bits per heavy atom. The van der Waals surface area contributed by atoms with Gasteiger partial charge in [-0.15, -0.1) is 0 Å². The molecule has 1 atom stereocenters. The molecule has 1 amide bonds. The summed E-state index contributed by atoms with van der Waals surface area (Å²) in [7, 11) is 0. The second-order valence-electron chi connectivity index (χ2n) is 6.73. The topological polar surface area (TPSA) is 62.2 Å². The van der Waals surface area contributed by atoms with Crippen molar-refractivity contribution >= 4 is 5.91 Å². The summed E-state index contributed by atoms with van der Waals surface area (Å²) in [5, 5.41) is 12.6. The van der Waals surface area contributed by atoms with Gasteiger partial charge in [0.1, 0.15) is 11.5 Å². The first-order valence-corrected chi connectivity index (χ1v) is 8.50. The van der Waals surface area contributed by atoms with Gasteiger partial charge in [-0.3, -0.25) is 4.79 Å². The zero-order valence-electron chi connectivity index (χ0n) is 15.4. The fourth-order valence-electron chi connectivity index (χ4n) is 2.12. The number of halogens is 1. The van der Waals surface area contributed by atoms with E-state index in [2.05, 4.69) is 22.1 Å². The Bertz CT molecular complexity index is 843. The van der Waals surface area contributed by atoms with E-state index in [9.17, 15) is 14.3 Å². The summed E-state index contributed by atoms with van der Waals surface area (Å²) in [5.41, 5.74) is 1.33. The average molecular weight is 354 g/mol. The number of rotatable bonds is 4. The third-order valence-corrected chi connectivity index (χ3v) is 4.12. The zero-order chi connectivity index (χ0) is 19.3. The summed E-state index contributed by atoms with van der Waals surface area (Å²) < 4.78 is 13.5. The maximum atomic E-state index is 13.5. The van der Waals surface area contributed by atoms with Crippen molar-refractivity contribution in [2.75, 3.05) is 0 Å². The van der Waals surface area contributed by atoms with E-state index in [1.807, 2.05) is 13.0 Å². The lowest BCUT2D eigenvalue weighted by atomic mass is 10.0. The normalized spacial score (nSPS) is 12.1. The van der Waals surface area contributed by atoms with Crippen LogP contribution in [-0.2, 0) is 6.42 Å². The summed E-state index contributed by atoms with van der Waals surface area (Å²) in [4.78, 5) is 16.2. The SMILES string of the molecule is CCc1cc(F)cc(C#Cc2ccc(C(=O)N[C@H](C)C(C)(C)O)nc2)c1. The monoisotopic (exact) mass is 354 g/mol. The molecule has 0 aliphatic heterocycles. The van der Waals surface area contributed by atoms with Gasteiger partial charge in [0.25, 0.3) is 5.91 Å². The van der Waals surface area contributed by atoms with Crippen LogP contribution in [0.1, 0.15) is 54.9 Å². The number of carbonyl (C=O) groups is 1. The third-order valence-electron chi connectivity index (χ3n) is 4.12. The largest absolute Gasteiger partial charge is 0.388 e. The van der Waals surface area contributed by atoms with Crippen molar-refractivity contribution < 1.29 is 14.3 Å². The van der Waals surface area contributed by atoms with Gasteiger partial charge >= 0.3 is 0 Å². The predicted molar refractivity (Wildman–Crippen MR) is 99.2 cm³/mol. The molecule has 0 aliphatic rings. The molecule has 2 N–H and O–H groups in total. The van der Waals surface area contributed by atoms with E-state index < -0.39 is 11.6 Å². The van der Waals surface area contributed by atoms with Crippen LogP contribution in [0.15, 0.2) is 36.5 Å². The highest BCUT2D eigenvalue weighted by atomic mass is 19.1. The lowest BCUT2D eigenvalue weighted by Gasteiger charge is -2.26. The molecule has 0 aliphatic carbocycles. The predicted octanol–water partition coefficient (Wildman–Crippen LogP) is 3.07. The molecular weight excluding hydrogens is 331 g/mol. The second-order valence-corrected chi connectivity index (χ2v) is 6.73. The first kappa shape index (κ1) is 19.6. The van der Waals surface area contributed by atoms with E-state index in [0.717, 1.165) is 12.0 Å². The highest BCUT2D eigenvalue weighted by Crippen LogP contribution is 2.10. The lowest BCUT2D eigenvalue weighted by Crippen LogP contribution is -2.47. The first-order chi connectivity index (χ1) is 12.2. The third kappa shape index (κ3) is 5.40. The highest BCUT2D eigenvalue weighted by Gasteiger charge is 2.24. The van der Waals surface area contributed by atoms with Gasteiger partial charge in [-0.2, -0.15) is 0 Å². The van der Waals surface area contributed by atoms with E-state index >= 15 is 0 Å². The average Bonchev–Trinajstić information content (AvgIpc) is 2.59. The summed E-state index contributed by atoms with van der Waals surface area (Å²) >= 11 is 0. The number of nitrogens with zero attached hydrogens (tertiary/aromatic N) is 1. The van der Waals surface area contributed by atoms with E-state index in [1.54, 1.807) is 32.9 Å². The summed E-state index contributed by atoms with van der Waals surface area (Å²) in [6.07, 6.45) is 2.23. The van der Waals surface area contributed by atoms with Crippen LogP contribution in [0.25, 0.3) is 0 Å². The van der Waals surface area contributed by atoms with Crippen LogP contribution in [0.5, 0.6) is 0 Å². The van der Waals surface area contributed by atoms with Gasteiger partial charge in [-0.05, 0) is 63.1 Å². The molecule has 1 aromatic heterocycles. The van der Waals surface area contributed by atoms with Crippen LogP contribution in [0.3, 0.4) is 0 Å². The van der Waals surface area contributed by atoms with Gasteiger partial charge in [0, 0.05) is 17.3 Å². The fourth-order valence-corrected chi connectivity index (χ4v) is 2.12. The van der Waals surface area contributed by atoms with Crippen LogP contribution in [0.2, 0.25) is 0 Å². The molecule has 0 spiro atoms. The summed E-state index contributed by atoms with van der Waals surface area (Å²) in [5.74, 6) is 5.16. The Balaban J connectivity index is 2.11. The standard InChI is InChI=1S/C21H23FN2O2/c1-5-15-10-17(12-18(22)11-15)7-6-16-8-9-19(23-13-16)20(25)24-14(2)21(3,4)26/h8-14,26H,5H2,1-4H3,(H,24,25)/t14-/m1/s1. The minimum absolute atomic E-state index is 0.241. The maximum absolute atomic E-state index is 13.5. The van der Waals surface area contributed by atoms with Crippen molar-refractivity contribution in [2.24, 2.45) is 0 Å². The Hall–Kier alpha value is -2.71. The Kier molecular flexibility index (Phi) is 6.12. The van der Waals surface area contributed by atoms with Crippen molar-refractivity contribution in [3.63, 3.8) is 0 Å². The second kappa shape index (κ2) is 8.11. The van der Waals surface area contributed by atoms with Crippen molar-refractivity contribution in [1.29, 1.82) is 0 Å². The number of aromatic nitrogens is 1. The zero-order valence-corrected chi connectivity index (χ0v) is 15.4. The lowest BCUT2D eigenvalue weighted by molar-refractivity contribution is 0.0407. The van der Waals surface area contributed by atoms with Gasteiger partial charge in [0.05, 0.1) is 11.6 Å². The van der Waals surface area contributed by atoms with E-state index in [0.29, 0.717) is 11.1 Å². The van der Waals surface area contributed by atoms with Crippen LogP contribution in [0, 0.1) is 17.7 Å². The van der Waals surface area contributed by atoms with Crippen molar-refractivity contribution in [2.45, 2.75) is 45.8 Å². The quantitative estimate of drug-likeness (QED) is 0.830. The number of pyridine rings is 1. The molecule has 0 saturated heterocycles. The molecule has 1 heterocycles. The highest BCUT2D eigenvalue weighted by molar-refractivity contribution is 5.92. The molecule has 0 unspecified atom stereocenters. The van der Waals surface area contributed by atoms with E-state index in [1.165, 1.54) is 18.3 Å². The number of aryl methyl sites for hydroxylation is 1. The van der Waals surface area contributed by atoms with Gasteiger partial charge in [-0.25, -0.2) is 9.37 Å². The minimum Gasteiger partial charge on any atom is -0.388 e. The van der Waals surface area contributed by atoms with Gasteiger partial charge in [0.2, 0.25) is 0 Å². The first-order valence-electron chi connectivity index (χ1n) is 8.50. The molecule has 26 heavy (non-hydrogen) atoms. The molecule has 0 radical (unpaired) electrons. The molecule has 4 nitrogen and oxygen atoms in total. The Morgan fingerprint density at radius 3 is 2.54 bits per heavy atom. The number of aliphatic hydroxyl groups is 1. The molecule has 136 valence electrons. The van der Waals surface area contributed by atoms with Crippen LogP contribution in [-0.4, -0.2) is 27.6 Å². The minimum atomic E-state index is -1.02. The van der Waals surface area contributed by atoms with Gasteiger partial charge in [0.15, 0.2) is 0 Å². The van der Waals surface area contributed by atoms with Crippen LogP contribution >= 0.6 is 0 Å². The molecule has 2 rings (SSSR count). The molecule has 0 bridgehead atoms. The van der Waals surface area contributed by atoms with Crippen molar-refractivity contribution in [3.8, 4) is 11.8 Å². The Morgan fingerprint density at radius 1 is 1.27 bits per heavy atom. The molecule has 0 fully saturated rings. The number of benzene rings is 1. The van der Waals surface area contributed by atoms with E-state index in [4.69, 9.17) is 0 Å². The van der Waals surface area contributed by atoms with E-state index in [-0.39, 0.29) is 17.4 Å². The molecule has 1 aromatic carbocycles. The molecule has 5 heteroatoms. The fraction of sp³-hybridized carbons (Fsp3) is 0.333. The van der Waals surface area contributed by atoms with Crippen molar-refractivity contribution in [1.82, 2.24) is 10.3 Å². The van der Waals surface area contributed by atoms with Gasteiger partial charge < -0.3 is 10.4 Å². The molecular formula is C21H23FN2O2. The van der Waals surface area contributed by atoms with Crippen LogP contribution in [0.4, 0.5) is 4.39 Å². The molecule has 2 aromatic rings. The number of amides is 1. The van der Waals surface area contributed by atoms with Gasteiger partial charge in [-0.1, -0.05) is 18.8 Å². The number of carbonyl (C=O) groups excluding carboxylic acids is 1. The van der Waals surface area contributed by atoms with Crippen molar-refractivity contribution in [3.05, 3.63) is 64.7 Å². The number of nitrogens with one attached hydrogen (secondary N) is 1.